The zero-order valence-electron chi connectivity index (χ0n) is 19.4. The SMILES string of the molecule is COc1ccc(C(N)c2c(C)nc(SCc3c(F)cccc3F)n2-c2ccc(F)cc2)cc1OC. The van der Waals surface area contributed by atoms with Crippen LogP contribution in [-0.4, -0.2) is 23.8 Å². The second kappa shape index (κ2) is 10.5. The molecule has 0 aliphatic rings. The smallest absolute Gasteiger partial charge is 0.173 e. The van der Waals surface area contributed by atoms with Gasteiger partial charge in [-0.05, 0) is 61.0 Å². The minimum absolute atomic E-state index is 0.0151. The summed E-state index contributed by atoms with van der Waals surface area (Å²) in [4.78, 5) is 4.66. The van der Waals surface area contributed by atoms with Crippen LogP contribution in [0.3, 0.4) is 0 Å². The van der Waals surface area contributed by atoms with Gasteiger partial charge in [0.25, 0.3) is 0 Å². The summed E-state index contributed by atoms with van der Waals surface area (Å²) < 4.78 is 54.7. The minimum atomic E-state index is -0.632. The molecule has 182 valence electrons. The molecule has 0 radical (unpaired) electrons. The second-order valence-electron chi connectivity index (χ2n) is 7.76. The largest absolute Gasteiger partial charge is 0.493 e. The van der Waals surface area contributed by atoms with Gasteiger partial charge in [-0.2, -0.15) is 0 Å². The number of benzene rings is 3. The van der Waals surface area contributed by atoms with Crippen LogP contribution in [0.5, 0.6) is 11.5 Å². The highest BCUT2D eigenvalue weighted by Crippen LogP contribution is 2.36. The molecule has 2 N–H and O–H groups in total. The van der Waals surface area contributed by atoms with Crippen LogP contribution < -0.4 is 15.2 Å². The van der Waals surface area contributed by atoms with E-state index in [1.165, 1.54) is 49.2 Å². The Morgan fingerprint density at radius 1 is 0.943 bits per heavy atom. The van der Waals surface area contributed by atoms with Crippen LogP contribution in [0.15, 0.2) is 65.8 Å². The van der Waals surface area contributed by atoms with Crippen LogP contribution in [0.25, 0.3) is 5.69 Å². The average Bonchev–Trinajstić information content (AvgIpc) is 3.19. The van der Waals surface area contributed by atoms with Gasteiger partial charge in [-0.15, -0.1) is 0 Å². The summed E-state index contributed by atoms with van der Waals surface area (Å²) in [6, 6.07) is 14.4. The van der Waals surface area contributed by atoms with Gasteiger partial charge in [0.05, 0.1) is 31.6 Å². The minimum Gasteiger partial charge on any atom is -0.493 e. The molecule has 3 aromatic carbocycles. The normalized spacial score (nSPS) is 12.0. The maximum absolute atomic E-state index is 14.2. The number of nitrogens with zero attached hydrogens (tertiary/aromatic N) is 2. The van der Waals surface area contributed by atoms with E-state index in [-0.39, 0.29) is 17.1 Å². The van der Waals surface area contributed by atoms with Crippen LogP contribution >= 0.6 is 11.8 Å². The van der Waals surface area contributed by atoms with E-state index >= 15 is 0 Å². The lowest BCUT2D eigenvalue weighted by molar-refractivity contribution is 0.354. The van der Waals surface area contributed by atoms with Crippen molar-refractivity contribution in [1.82, 2.24) is 9.55 Å². The van der Waals surface area contributed by atoms with Crippen molar-refractivity contribution < 1.29 is 22.6 Å². The van der Waals surface area contributed by atoms with Gasteiger partial charge < -0.3 is 15.2 Å². The van der Waals surface area contributed by atoms with Gasteiger partial charge in [0.15, 0.2) is 16.7 Å². The molecular weight excluding hydrogens is 475 g/mol. The van der Waals surface area contributed by atoms with E-state index in [1.807, 2.05) is 13.0 Å². The van der Waals surface area contributed by atoms with Crippen molar-refractivity contribution in [2.45, 2.75) is 23.9 Å². The summed E-state index contributed by atoms with van der Waals surface area (Å²) >= 11 is 1.17. The van der Waals surface area contributed by atoms with Gasteiger partial charge in [-0.1, -0.05) is 23.9 Å². The molecule has 0 saturated carbocycles. The van der Waals surface area contributed by atoms with Crippen molar-refractivity contribution in [2.24, 2.45) is 5.73 Å². The Kier molecular flexibility index (Phi) is 7.37. The Balaban J connectivity index is 1.80. The molecule has 0 bridgehead atoms. The van der Waals surface area contributed by atoms with Crippen LogP contribution in [-0.2, 0) is 5.75 Å². The fourth-order valence-electron chi connectivity index (χ4n) is 3.83. The van der Waals surface area contributed by atoms with Gasteiger partial charge in [-0.3, -0.25) is 4.57 Å². The molecule has 0 saturated heterocycles. The number of methoxy groups -OCH3 is 2. The molecule has 0 spiro atoms. The van der Waals surface area contributed by atoms with Crippen LogP contribution in [0.4, 0.5) is 13.2 Å². The van der Waals surface area contributed by atoms with E-state index in [4.69, 9.17) is 15.2 Å². The summed E-state index contributed by atoms with van der Waals surface area (Å²) in [6.45, 7) is 1.81. The molecule has 1 unspecified atom stereocenters. The van der Waals surface area contributed by atoms with E-state index in [2.05, 4.69) is 4.98 Å². The first kappa shape index (κ1) is 24.7. The van der Waals surface area contributed by atoms with E-state index in [0.717, 1.165) is 5.56 Å². The summed E-state index contributed by atoms with van der Waals surface area (Å²) in [5.41, 5.74) is 9.31. The van der Waals surface area contributed by atoms with Gasteiger partial charge in [0.1, 0.15) is 17.5 Å². The predicted molar refractivity (Wildman–Crippen MR) is 130 cm³/mol. The lowest BCUT2D eigenvalue weighted by atomic mass is 10.0. The molecule has 1 aromatic heterocycles. The number of aromatic nitrogens is 2. The molecular formula is C26H24F3N3O2S. The molecule has 4 aromatic rings. The summed E-state index contributed by atoms with van der Waals surface area (Å²) in [6.07, 6.45) is 0. The number of imidazole rings is 1. The quantitative estimate of drug-likeness (QED) is 0.303. The van der Waals surface area contributed by atoms with Gasteiger partial charge in [0.2, 0.25) is 0 Å². The number of hydrogen-bond acceptors (Lipinski definition) is 5. The van der Waals surface area contributed by atoms with Crippen LogP contribution in [0, 0.1) is 24.4 Å². The van der Waals surface area contributed by atoms with Crippen molar-refractivity contribution in [3.63, 3.8) is 0 Å². The third-order valence-corrected chi connectivity index (χ3v) is 6.58. The Labute approximate surface area is 205 Å². The monoisotopic (exact) mass is 499 g/mol. The van der Waals surface area contributed by atoms with E-state index < -0.39 is 17.7 Å². The van der Waals surface area contributed by atoms with Crippen molar-refractivity contribution in [1.29, 1.82) is 0 Å². The Morgan fingerprint density at radius 2 is 1.60 bits per heavy atom. The maximum Gasteiger partial charge on any atom is 0.173 e. The number of thioether (sulfide) groups is 1. The highest BCUT2D eigenvalue weighted by atomic mass is 32.2. The molecule has 0 amide bonds. The first-order chi connectivity index (χ1) is 16.8. The average molecular weight is 500 g/mol. The molecule has 1 atom stereocenters. The first-order valence-corrected chi connectivity index (χ1v) is 11.7. The second-order valence-corrected chi connectivity index (χ2v) is 8.70. The molecule has 5 nitrogen and oxygen atoms in total. The van der Waals surface area contributed by atoms with E-state index in [0.29, 0.717) is 33.7 Å². The number of nitrogens with two attached hydrogens (primary N) is 1. The third-order valence-electron chi connectivity index (χ3n) is 5.62. The number of ether oxygens (including phenoxy) is 2. The van der Waals surface area contributed by atoms with Crippen molar-refractivity contribution >= 4 is 11.8 Å². The highest BCUT2D eigenvalue weighted by molar-refractivity contribution is 7.98. The standard InChI is InChI=1S/C26H24F3N3O2S/c1-15-25(24(30)16-7-12-22(33-2)23(13-16)34-3)32(18-10-8-17(27)9-11-18)26(31-15)35-14-19-20(28)5-4-6-21(19)29/h4-13,24H,14,30H2,1-3H3. The van der Waals surface area contributed by atoms with Crippen molar-refractivity contribution in [3.8, 4) is 17.2 Å². The molecule has 0 aliphatic carbocycles. The summed E-state index contributed by atoms with van der Waals surface area (Å²) in [7, 11) is 3.09. The topological polar surface area (TPSA) is 62.3 Å². The molecule has 0 fully saturated rings. The lowest BCUT2D eigenvalue weighted by Crippen LogP contribution is -2.18. The van der Waals surface area contributed by atoms with Crippen molar-refractivity contribution in [2.75, 3.05) is 14.2 Å². The molecule has 9 heteroatoms. The third kappa shape index (κ3) is 5.01. The summed E-state index contributed by atoms with van der Waals surface area (Å²) in [5.74, 6) is -0.543. The van der Waals surface area contributed by atoms with Crippen molar-refractivity contribution in [3.05, 3.63) is 101 Å². The van der Waals surface area contributed by atoms with Crippen LogP contribution in [0.1, 0.15) is 28.6 Å². The Morgan fingerprint density at radius 3 is 2.23 bits per heavy atom. The van der Waals surface area contributed by atoms with Gasteiger partial charge in [-0.25, -0.2) is 18.2 Å². The summed E-state index contributed by atoms with van der Waals surface area (Å²) in [5, 5.41) is 0.475. The Bertz CT molecular complexity index is 1320. The zero-order chi connectivity index (χ0) is 25.1. The molecule has 4 rings (SSSR count). The number of rotatable bonds is 8. The fourth-order valence-corrected chi connectivity index (χ4v) is 4.91. The molecule has 35 heavy (non-hydrogen) atoms. The number of aryl methyl sites for hydroxylation is 1. The van der Waals surface area contributed by atoms with Gasteiger partial charge in [0, 0.05) is 17.0 Å². The molecule has 1 heterocycles. The first-order valence-electron chi connectivity index (χ1n) is 10.7. The predicted octanol–water partition coefficient (Wildman–Crippen LogP) is 5.96. The van der Waals surface area contributed by atoms with Crippen LogP contribution in [0.2, 0.25) is 0 Å². The van der Waals surface area contributed by atoms with E-state index in [9.17, 15) is 13.2 Å². The zero-order valence-corrected chi connectivity index (χ0v) is 20.2. The highest BCUT2D eigenvalue weighted by Gasteiger charge is 2.24. The number of hydrogen-bond donors (Lipinski definition) is 1. The maximum atomic E-state index is 14.2. The van der Waals surface area contributed by atoms with E-state index in [1.54, 1.807) is 35.9 Å². The lowest BCUT2D eigenvalue weighted by Gasteiger charge is -2.19. The van der Waals surface area contributed by atoms with Gasteiger partial charge >= 0.3 is 0 Å². The number of halogens is 3. The molecule has 0 aliphatic heterocycles. The Hall–Kier alpha value is -3.43. The fraction of sp³-hybridized carbons (Fsp3) is 0.192.